The van der Waals surface area contributed by atoms with Gasteiger partial charge in [-0.2, -0.15) is 0 Å². The summed E-state index contributed by atoms with van der Waals surface area (Å²) in [4.78, 5) is 12.4. The lowest BCUT2D eigenvalue weighted by atomic mass is 10.2. The van der Waals surface area contributed by atoms with E-state index in [2.05, 4.69) is 10.0 Å². The van der Waals surface area contributed by atoms with Crippen LogP contribution in [0.4, 0.5) is 5.69 Å². The molecule has 1 atom stereocenters. The van der Waals surface area contributed by atoms with E-state index >= 15 is 0 Å². The Bertz CT molecular complexity index is 927. The quantitative estimate of drug-likeness (QED) is 0.747. The van der Waals surface area contributed by atoms with Crippen LogP contribution in [0.3, 0.4) is 0 Å². The molecule has 0 spiro atoms. The fraction of sp³-hybridized carbons (Fsp3) is 0.278. The van der Waals surface area contributed by atoms with Crippen molar-refractivity contribution in [2.75, 3.05) is 25.8 Å². The van der Waals surface area contributed by atoms with Gasteiger partial charge in [0.1, 0.15) is 0 Å². The first-order valence-electron chi connectivity index (χ1n) is 8.21. The fourth-order valence-corrected chi connectivity index (χ4v) is 3.81. The van der Waals surface area contributed by atoms with E-state index in [1.54, 1.807) is 25.1 Å². The lowest BCUT2D eigenvalue weighted by Gasteiger charge is -2.13. The first-order chi connectivity index (χ1) is 12.9. The van der Waals surface area contributed by atoms with E-state index in [4.69, 9.17) is 14.2 Å². The topological polar surface area (TPSA) is 103 Å². The number of carbonyl (C=O) groups excluding carboxylic acids is 1. The minimum Gasteiger partial charge on any atom is -0.454 e. The van der Waals surface area contributed by atoms with Crippen molar-refractivity contribution in [3.05, 3.63) is 48.0 Å². The summed E-state index contributed by atoms with van der Waals surface area (Å²) in [5.41, 5.74) is 0.882. The molecular weight excluding hydrogens is 372 g/mol. The standard InChI is InChI=1S/C18H20N2O6S/c1-12(10-24-2)20-27(22,23)15-6-3-13(4-7-15)18(21)19-14-5-8-16-17(9-14)26-11-25-16/h3-9,12,20H,10-11H2,1-2H3,(H,19,21)/t12-/m1/s1. The molecule has 2 aromatic carbocycles. The Balaban J connectivity index is 1.68. The van der Waals surface area contributed by atoms with Gasteiger partial charge in [0, 0.05) is 30.5 Å². The Morgan fingerprint density at radius 3 is 2.56 bits per heavy atom. The van der Waals surface area contributed by atoms with Crippen molar-refractivity contribution >= 4 is 21.6 Å². The third-order valence-electron chi connectivity index (χ3n) is 3.83. The molecule has 0 saturated heterocycles. The Hall–Kier alpha value is -2.62. The van der Waals surface area contributed by atoms with Crippen molar-refractivity contribution in [2.45, 2.75) is 17.9 Å². The molecule has 0 aromatic heterocycles. The van der Waals surface area contributed by atoms with E-state index in [-0.39, 0.29) is 30.2 Å². The molecule has 2 aromatic rings. The van der Waals surface area contributed by atoms with E-state index in [9.17, 15) is 13.2 Å². The first-order valence-corrected chi connectivity index (χ1v) is 9.70. The van der Waals surface area contributed by atoms with Gasteiger partial charge in [0.15, 0.2) is 11.5 Å². The maximum atomic E-state index is 12.4. The number of fused-ring (bicyclic) bond motifs is 1. The van der Waals surface area contributed by atoms with Crippen molar-refractivity contribution in [3.8, 4) is 11.5 Å². The number of carbonyl (C=O) groups is 1. The van der Waals surface area contributed by atoms with Crippen molar-refractivity contribution in [1.82, 2.24) is 4.72 Å². The molecule has 0 fully saturated rings. The Morgan fingerprint density at radius 2 is 1.85 bits per heavy atom. The highest BCUT2D eigenvalue weighted by Gasteiger charge is 2.18. The number of nitrogens with one attached hydrogen (secondary N) is 2. The lowest BCUT2D eigenvalue weighted by molar-refractivity contribution is 0.102. The number of anilines is 1. The summed E-state index contributed by atoms with van der Waals surface area (Å²) >= 11 is 0. The lowest BCUT2D eigenvalue weighted by Crippen LogP contribution is -2.35. The predicted molar refractivity (Wildman–Crippen MR) is 98.6 cm³/mol. The van der Waals surface area contributed by atoms with Crippen molar-refractivity contribution in [1.29, 1.82) is 0 Å². The molecule has 9 heteroatoms. The van der Waals surface area contributed by atoms with Crippen LogP contribution in [-0.4, -0.2) is 40.9 Å². The Morgan fingerprint density at radius 1 is 1.15 bits per heavy atom. The molecule has 0 unspecified atom stereocenters. The van der Waals surface area contributed by atoms with Crippen molar-refractivity contribution < 1.29 is 27.4 Å². The molecule has 2 N–H and O–H groups in total. The van der Waals surface area contributed by atoms with Crippen LogP contribution in [0.15, 0.2) is 47.4 Å². The van der Waals surface area contributed by atoms with Gasteiger partial charge in [-0.1, -0.05) is 0 Å². The second-order valence-corrected chi connectivity index (χ2v) is 7.74. The second-order valence-electron chi connectivity index (χ2n) is 6.02. The zero-order chi connectivity index (χ0) is 19.4. The predicted octanol–water partition coefficient (Wildman–Crippen LogP) is 1.98. The summed E-state index contributed by atoms with van der Waals surface area (Å²) in [6.07, 6.45) is 0. The number of sulfonamides is 1. The van der Waals surface area contributed by atoms with Gasteiger partial charge in [0.05, 0.1) is 11.5 Å². The van der Waals surface area contributed by atoms with Crippen LogP contribution in [0, 0.1) is 0 Å². The van der Waals surface area contributed by atoms with Gasteiger partial charge in [0.25, 0.3) is 5.91 Å². The SMILES string of the molecule is COC[C@@H](C)NS(=O)(=O)c1ccc(C(=O)Nc2ccc3c(c2)OCO3)cc1. The monoisotopic (exact) mass is 392 g/mol. The zero-order valence-corrected chi connectivity index (χ0v) is 15.7. The van der Waals surface area contributed by atoms with Gasteiger partial charge in [-0.25, -0.2) is 13.1 Å². The number of ether oxygens (including phenoxy) is 3. The van der Waals surface area contributed by atoms with Crippen LogP contribution in [0.25, 0.3) is 0 Å². The molecule has 0 bridgehead atoms. The Kier molecular flexibility index (Phi) is 5.64. The van der Waals surface area contributed by atoms with Crippen molar-refractivity contribution in [3.63, 3.8) is 0 Å². The number of amides is 1. The van der Waals surface area contributed by atoms with E-state index in [1.165, 1.54) is 31.4 Å². The van der Waals surface area contributed by atoms with Gasteiger partial charge < -0.3 is 19.5 Å². The van der Waals surface area contributed by atoms with E-state index in [0.717, 1.165) is 0 Å². The maximum Gasteiger partial charge on any atom is 0.255 e. The van der Waals surface area contributed by atoms with Crippen LogP contribution in [0.2, 0.25) is 0 Å². The van der Waals surface area contributed by atoms with Gasteiger partial charge >= 0.3 is 0 Å². The van der Waals surface area contributed by atoms with Crippen LogP contribution >= 0.6 is 0 Å². The fourth-order valence-electron chi connectivity index (χ4n) is 2.58. The molecule has 1 amide bonds. The normalized spacial score (nSPS) is 14.0. The zero-order valence-electron chi connectivity index (χ0n) is 14.9. The molecule has 1 heterocycles. The summed E-state index contributed by atoms with van der Waals surface area (Å²) in [7, 11) is -2.18. The first kappa shape index (κ1) is 19.2. The largest absolute Gasteiger partial charge is 0.454 e. The molecule has 1 aliphatic rings. The summed E-state index contributed by atoms with van der Waals surface area (Å²) in [6.45, 7) is 2.11. The average Bonchev–Trinajstić information content (AvgIpc) is 3.09. The maximum absolute atomic E-state index is 12.4. The van der Waals surface area contributed by atoms with Gasteiger partial charge in [-0.15, -0.1) is 0 Å². The van der Waals surface area contributed by atoms with Gasteiger partial charge in [-0.3, -0.25) is 4.79 Å². The molecule has 0 aliphatic carbocycles. The summed E-state index contributed by atoms with van der Waals surface area (Å²) in [6, 6.07) is 10.4. The van der Waals surface area contributed by atoms with E-state index in [0.29, 0.717) is 22.7 Å². The van der Waals surface area contributed by atoms with Crippen LogP contribution in [0.5, 0.6) is 11.5 Å². The van der Waals surface area contributed by atoms with Gasteiger partial charge in [0.2, 0.25) is 16.8 Å². The number of hydrogen-bond donors (Lipinski definition) is 2. The van der Waals surface area contributed by atoms with Crippen LogP contribution in [0.1, 0.15) is 17.3 Å². The molecular formula is C18H20N2O6S. The van der Waals surface area contributed by atoms with Crippen LogP contribution in [-0.2, 0) is 14.8 Å². The summed E-state index contributed by atoms with van der Waals surface area (Å²) in [5, 5.41) is 2.74. The third kappa shape index (κ3) is 4.57. The van der Waals surface area contributed by atoms with E-state index in [1.807, 2.05) is 0 Å². The minimum atomic E-state index is -3.68. The number of benzene rings is 2. The molecule has 3 rings (SSSR count). The van der Waals surface area contributed by atoms with Crippen LogP contribution < -0.4 is 19.5 Å². The Labute approximate surface area is 157 Å². The molecule has 0 saturated carbocycles. The summed E-state index contributed by atoms with van der Waals surface area (Å²) in [5.74, 6) is 0.821. The molecule has 144 valence electrons. The molecule has 1 aliphatic heterocycles. The smallest absolute Gasteiger partial charge is 0.255 e. The minimum absolute atomic E-state index is 0.0742. The second kappa shape index (κ2) is 7.95. The van der Waals surface area contributed by atoms with Gasteiger partial charge in [-0.05, 0) is 43.3 Å². The third-order valence-corrected chi connectivity index (χ3v) is 5.44. The number of methoxy groups -OCH3 is 1. The molecule has 8 nitrogen and oxygen atoms in total. The highest BCUT2D eigenvalue weighted by Crippen LogP contribution is 2.34. The average molecular weight is 392 g/mol. The number of hydrogen-bond acceptors (Lipinski definition) is 6. The van der Waals surface area contributed by atoms with E-state index < -0.39 is 10.0 Å². The highest BCUT2D eigenvalue weighted by molar-refractivity contribution is 7.89. The molecule has 27 heavy (non-hydrogen) atoms. The number of rotatable bonds is 7. The summed E-state index contributed by atoms with van der Waals surface area (Å²) < 4.78 is 42.5. The molecule has 0 radical (unpaired) electrons. The van der Waals surface area contributed by atoms with Crippen molar-refractivity contribution in [2.24, 2.45) is 0 Å². The highest BCUT2D eigenvalue weighted by atomic mass is 32.2.